The highest BCUT2D eigenvalue weighted by molar-refractivity contribution is 8.00. The van der Waals surface area contributed by atoms with Gasteiger partial charge < -0.3 is 14.8 Å². The minimum absolute atomic E-state index is 0.126. The van der Waals surface area contributed by atoms with Gasteiger partial charge in [0.1, 0.15) is 11.1 Å². The molecule has 0 aliphatic carbocycles. The van der Waals surface area contributed by atoms with E-state index in [-0.39, 0.29) is 18.5 Å². The SMILES string of the molecule is Cc1cc(C)c2nc(SCC(=O)NCc3ccc4c(c3)OCO4)c(C#N)cc2c1. The Hall–Kier alpha value is -3.24. The molecule has 0 fully saturated rings. The first-order valence-electron chi connectivity index (χ1n) is 9.13. The molecule has 2 heterocycles. The minimum Gasteiger partial charge on any atom is -0.454 e. The summed E-state index contributed by atoms with van der Waals surface area (Å²) in [5, 5.41) is 13.9. The van der Waals surface area contributed by atoms with E-state index in [1.54, 1.807) is 0 Å². The Kier molecular flexibility index (Phi) is 5.28. The maximum Gasteiger partial charge on any atom is 0.231 e. The lowest BCUT2D eigenvalue weighted by Gasteiger charge is -2.09. The monoisotopic (exact) mass is 405 g/mol. The van der Waals surface area contributed by atoms with Crippen LogP contribution >= 0.6 is 11.8 Å². The summed E-state index contributed by atoms with van der Waals surface area (Å²) in [4.78, 5) is 16.9. The van der Waals surface area contributed by atoms with E-state index in [0.29, 0.717) is 28.6 Å². The number of pyridine rings is 1. The zero-order valence-corrected chi connectivity index (χ0v) is 16.9. The van der Waals surface area contributed by atoms with E-state index in [4.69, 9.17) is 9.47 Å². The molecule has 0 bridgehead atoms. The number of ether oxygens (including phenoxy) is 2. The first-order chi connectivity index (χ1) is 14.0. The van der Waals surface area contributed by atoms with Crippen LogP contribution in [-0.2, 0) is 11.3 Å². The van der Waals surface area contributed by atoms with Gasteiger partial charge in [-0.3, -0.25) is 4.79 Å². The fourth-order valence-corrected chi connectivity index (χ4v) is 4.05. The van der Waals surface area contributed by atoms with Crippen molar-refractivity contribution < 1.29 is 14.3 Å². The Morgan fingerprint density at radius 1 is 1.21 bits per heavy atom. The summed E-state index contributed by atoms with van der Waals surface area (Å²) in [5.41, 5.74) is 4.46. The van der Waals surface area contributed by atoms with Crippen LogP contribution in [0.3, 0.4) is 0 Å². The third-order valence-corrected chi connectivity index (χ3v) is 5.60. The number of aromatic nitrogens is 1. The summed E-state index contributed by atoms with van der Waals surface area (Å²) in [7, 11) is 0. The van der Waals surface area contributed by atoms with Crippen molar-refractivity contribution in [2.24, 2.45) is 0 Å². The molecule has 1 aromatic heterocycles. The molecule has 3 aromatic rings. The van der Waals surface area contributed by atoms with E-state index in [1.807, 2.05) is 44.2 Å². The smallest absolute Gasteiger partial charge is 0.231 e. The first kappa shape index (κ1) is 19.1. The van der Waals surface area contributed by atoms with Crippen LogP contribution in [0, 0.1) is 25.2 Å². The lowest BCUT2D eigenvalue weighted by atomic mass is 10.1. The van der Waals surface area contributed by atoms with Crippen molar-refractivity contribution in [2.75, 3.05) is 12.5 Å². The van der Waals surface area contributed by atoms with Crippen molar-refractivity contribution in [2.45, 2.75) is 25.4 Å². The quantitative estimate of drug-likeness (QED) is 0.649. The van der Waals surface area contributed by atoms with E-state index in [2.05, 4.69) is 22.4 Å². The fraction of sp³-hybridized carbons (Fsp3) is 0.227. The van der Waals surface area contributed by atoms with Crippen LogP contribution in [0.1, 0.15) is 22.3 Å². The second-order valence-electron chi connectivity index (χ2n) is 6.86. The Bertz CT molecular complexity index is 1150. The van der Waals surface area contributed by atoms with Gasteiger partial charge in [0.15, 0.2) is 11.5 Å². The number of fused-ring (bicyclic) bond motifs is 2. The second-order valence-corrected chi connectivity index (χ2v) is 7.82. The van der Waals surface area contributed by atoms with Gasteiger partial charge >= 0.3 is 0 Å². The average molecular weight is 405 g/mol. The standard InChI is InChI=1S/C22H19N3O3S/c1-13-5-14(2)21-16(6-13)8-17(9-23)22(25-21)29-11-20(26)24-10-15-3-4-18-19(7-15)28-12-27-18/h3-8H,10-12H2,1-2H3,(H,24,26). The Balaban J connectivity index is 1.42. The van der Waals surface area contributed by atoms with Gasteiger partial charge in [-0.25, -0.2) is 4.98 Å². The zero-order chi connectivity index (χ0) is 20.4. The average Bonchev–Trinajstić information content (AvgIpc) is 3.18. The van der Waals surface area contributed by atoms with Crippen LogP contribution in [0.15, 0.2) is 41.4 Å². The number of amides is 1. The molecular formula is C22H19N3O3S. The van der Waals surface area contributed by atoms with Crippen molar-refractivity contribution in [1.29, 1.82) is 5.26 Å². The number of rotatable bonds is 5. The van der Waals surface area contributed by atoms with Crippen LogP contribution in [0.25, 0.3) is 10.9 Å². The molecule has 0 radical (unpaired) electrons. The van der Waals surface area contributed by atoms with E-state index >= 15 is 0 Å². The largest absolute Gasteiger partial charge is 0.454 e. The highest BCUT2D eigenvalue weighted by Crippen LogP contribution is 2.32. The third-order valence-electron chi connectivity index (χ3n) is 4.61. The molecule has 0 unspecified atom stereocenters. The molecule has 7 heteroatoms. The van der Waals surface area contributed by atoms with E-state index in [0.717, 1.165) is 27.6 Å². The summed E-state index contributed by atoms with van der Waals surface area (Å²) in [5.74, 6) is 1.46. The second kappa shape index (κ2) is 8.02. The van der Waals surface area contributed by atoms with Crippen LogP contribution in [0.2, 0.25) is 0 Å². The van der Waals surface area contributed by atoms with Gasteiger partial charge in [-0.15, -0.1) is 0 Å². The number of carbonyl (C=O) groups excluding carboxylic acids is 1. The Morgan fingerprint density at radius 3 is 2.86 bits per heavy atom. The number of nitrogens with one attached hydrogen (secondary N) is 1. The molecule has 29 heavy (non-hydrogen) atoms. The predicted octanol–water partition coefficient (Wildman–Crippen LogP) is 3.86. The fourth-order valence-electron chi connectivity index (χ4n) is 3.26. The molecule has 4 rings (SSSR count). The van der Waals surface area contributed by atoms with Crippen molar-refractivity contribution in [3.8, 4) is 17.6 Å². The van der Waals surface area contributed by atoms with Gasteiger partial charge in [0.2, 0.25) is 12.7 Å². The normalized spacial score (nSPS) is 12.0. The number of nitriles is 1. The maximum atomic E-state index is 12.3. The summed E-state index contributed by atoms with van der Waals surface area (Å²) >= 11 is 1.27. The number of hydrogen-bond acceptors (Lipinski definition) is 6. The zero-order valence-electron chi connectivity index (χ0n) is 16.1. The van der Waals surface area contributed by atoms with Crippen molar-refractivity contribution in [1.82, 2.24) is 10.3 Å². The predicted molar refractivity (Wildman–Crippen MR) is 111 cm³/mol. The maximum absolute atomic E-state index is 12.3. The topological polar surface area (TPSA) is 84.2 Å². The highest BCUT2D eigenvalue weighted by atomic mass is 32.2. The number of benzene rings is 2. The van der Waals surface area contributed by atoms with Crippen LogP contribution in [0.5, 0.6) is 11.5 Å². The van der Waals surface area contributed by atoms with E-state index in [1.165, 1.54) is 11.8 Å². The van der Waals surface area contributed by atoms with Gasteiger partial charge in [0, 0.05) is 11.9 Å². The molecule has 6 nitrogen and oxygen atoms in total. The summed E-state index contributed by atoms with van der Waals surface area (Å²) in [6.45, 7) is 4.64. The number of hydrogen-bond donors (Lipinski definition) is 1. The van der Waals surface area contributed by atoms with Gasteiger partial charge in [0.25, 0.3) is 0 Å². The molecule has 2 aromatic carbocycles. The number of aryl methyl sites for hydroxylation is 2. The summed E-state index contributed by atoms with van der Waals surface area (Å²) in [6.07, 6.45) is 0. The third kappa shape index (κ3) is 4.13. The molecule has 0 atom stereocenters. The molecule has 0 saturated heterocycles. The lowest BCUT2D eigenvalue weighted by Crippen LogP contribution is -2.24. The first-order valence-corrected chi connectivity index (χ1v) is 10.1. The molecular weight excluding hydrogens is 386 g/mol. The number of thioether (sulfide) groups is 1. The van der Waals surface area contributed by atoms with Crippen molar-refractivity contribution in [3.63, 3.8) is 0 Å². The molecule has 0 saturated carbocycles. The molecule has 1 aliphatic heterocycles. The van der Waals surface area contributed by atoms with Crippen molar-refractivity contribution in [3.05, 3.63) is 58.7 Å². The van der Waals surface area contributed by atoms with Crippen LogP contribution in [0.4, 0.5) is 0 Å². The molecule has 146 valence electrons. The molecule has 1 amide bonds. The van der Waals surface area contributed by atoms with Crippen LogP contribution < -0.4 is 14.8 Å². The van der Waals surface area contributed by atoms with Crippen LogP contribution in [-0.4, -0.2) is 23.4 Å². The number of carbonyl (C=O) groups is 1. The Morgan fingerprint density at radius 2 is 2.03 bits per heavy atom. The highest BCUT2D eigenvalue weighted by Gasteiger charge is 2.14. The molecule has 0 spiro atoms. The number of nitrogens with zero attached hydrogens (tertiary/aromatic N) is 2. The van der Waals surface area contributed by atoms with E-state index in [9.17, 15) is 10.1 Å². The van der Waals surface area contributed by atoms with Gasteiger partial charge in [-0.1, -0.05) is 29.5 Å². The van der Waals surface area contributed by atoms with Gasteiger partial charge in [-0.2, -0.15) is 5.26 Å². The van der Waals surface area contributed by atoms with Gasteiger partial charge in [-0.05, 0) is 49.2 Å². The molecule has 1 N–H and O–H groups in total. The molecule has 1 aliphatic rings. The van der Waals surface area contributed by atoms with E-state index < -0.39 is 0 Å². The summed E-state index contributed by atoms with van der Waals surface area (Å²) in [6, 6.07) is 13.7. The van der Waals surface area contributed by atoms with Crippen molar-refractivity contribution >= 4 is 28.6 Å². The Labute approximate surface area is 172 Å². The summed E-state index contributed by atoms with van der Waals surface area (Å²) < 4.78 is 10.6. The lowest BCUT2D eigenvalue weighted by molar-refractivity contribution is -0.118. The minimum atomic E-state index is -0.126. The van der Waals surface area contributed by atoms with Gasteiger partial charge in [0.05, 0.1) is 16.8 Å².